The van der Waals surface area contributed by atoms with E-state index in [4.69, 9.17) is 9.47 Å². The van der Waals surface area contributed by atoms with Gasteiger partial charge in [0.2, 0.25) is 0 Å². The monoisotopic (exact) mass is 461 g/mol. The lowest BCUT2D eigenvalue weighted by atomic mass is 9.93. The van der Waals surface area contributed by atoms with Crippen molar-refractivity contribution in [3.05, 3.63) is 107 Å². The van der Waals surface area contributed by atoms with Crippen LogP contribution in [-0.4, -0.2) is 24.1 Å². The van der Waals surface area contributed by atoms with Gasteiger partial charge in [-0.3, -0.25) is 4.98 Å². The maximum Gasteiger partial charge on any atom is 0.338 e. The first-order valence-corrected chi connectivity index (χ1v) is 10.8. The normalized spacial score (nSPS) is 15.4. The van der Waals surface area contributed by atoms with E-state index < -0.39 is 23.9 Å². The number of halogens is 1. The second-order valence-electron chi connectivity index (χ2n) is 7.76. The van der Waals surface area contributed by atoms with Crippen LogP contribution >= 0.6 is 0 Å². The molecule has 0 saturated heterocycles. The van der Waals surface area contributed by atoms with Gasteiger partial charge in [0.15, 0.2) is 0 Å². The van der Waals surface area contributed by atoms with Crippen LogP contribution in [0.25, 0.3) is 0 Å². The molecular formula is C26H24FN3O4. The third-order valence-electron chi connectivity index (χ3n) is 5.47. The van der Waals surface area contributed by atoms with Gasteiger partial charge >= 0.3 is 12.0 Å². The Morgan fingerprint density at radius 1 is 1.03 bits per heavy atom. The summed E-state index contributed by atoms with van der Waals surface area (Å²) in [6, 6.07) is 15.8. The Balaban J connectivity index is 1.63. The molecule has 4 rings (SSSR count). The molecule has 2 amide bonds. The quantitative estimate of drug-likeness (QED) is 0.491. The summed E-state index contributed by atoms with van der Waals surface area (Å²) in [5.74, 6) is -0.280. The van der Waals surface area contributed by atoms with Crippen molar-refractivity contribution in [1.82, 2.24) is 15.6 Å². The number of aryl methyl sites for hydroxylation is 1. The Morgan fingerprint density at radius 2 is 1.79 bits per heavy atom. The number of hydrogen-bond donors (Lipinski definition) is 2. The van der Waals surface area contributed by atoms with Crippen LogP contribution in [0.1, 0.15) is 29.2 Å². The molecule has 0 fully saturated rings. The van der Waals surface area contributed by atoms with E-state index in [0.717, 1.165) is 11.3 Å². The van der Waals surface area contributed by atoms with Crippen molar-refractivity contribution >= 4 is 12.0 Å². The van der Waals surface area contributed by atoms with E-state index in [9.17, 15) is 14.0 Å². The van der Waals surface area contributed by atoms with Crippen LogP contribution < -0.4 is 15.4 Å². The topological polar surface area (TPSA) is 89.6 Å². The number of pyridine rings is 1. The van der Waals surface area contributed by atoms with Crippen LogP contribution in [0.3, 0.4) is 0 Å². The molecule has 0 aliphatic carbocycles. The SMILES string of the molecule is COc1cccc(CCC2=C(C(=O)OCc3cccc(F)c3)C(c3ccncc3)NC(=O)N2)c1. The minimum Gasteiger partial charge on any atom is -0.497 e. The van der Waals surface area contributed by atoms with Crippen molar-refractivity contribution in [2.75, 3.05) is 7.11 Å². The lowest BCUT2D eigenvalue weighted by molar-refractivity contribution is -0.140. The molecule has 1 unspecified atom stereocenters. The summed E-state index contributed by atoms with van der Waals surface area (Å²) in [6.45, 7) is -0.0970. The molecule has 0 bridgehead atoms. The molecule has 1 atom stereocenters. The van der Waals surface area contributed by atoms with Gasteiger partial charge < -0.3 is 20.1 Å². The number of rotatable bonds is 8. The van der Waals surface area contributed by atoms with Gasteiger partial charge in [0.05, 0.1) is 18.7 Å². The predicted molar refractivity (Wildman–Crippen MR) is 123 cm³/mol. The maximum atomic E-state index is 13.5. The van der Waals surface area contributed by atoms with Crippen LogP contribution in [0, 0.1) is 5.82 Å². The molecule has 174 valence electrons. The smallest absolute Gasteiger partial charge is 0.338 e. The van der Waals surface area contributed by atoms with Crippen molar-refractivity contribution in [2.24, 2.45) is 0 Å². The highest BCUT2D eigenvalue weighted by Gasteiger charge is 2.33. The Morgan fingerprint density at radius 3 is 2.56 bits per heavy atom. The lowest BCUT2D eigenvalue weighted by Crippen LogP contribution is -2.46. The first kappa shape index (κ1) is 23.0. The van der Waals surface area contributed by atoms with E-state index in [-0.39, 0.29) is 6.61 Å². The largest absolute Gasteiger partial charge is 0.497 e. The highest BCUT2D eigenvalue weighted by Crippen LogP contribution is 2.30. The van der Waals surface area contributed by atoms with Gasteiger partial charge in [-0.05, 0) is 65.9 Å². The number of carbonyl (C=O) groups excluding carboxylic acids is 2. The third kappa shape index (κ3) is 5.58. The summed E-state index contributed by atoms with van der Waals surface area (Å²) in [7, 11) is 1.60. The van der Waals surface area contributed by atoms with Crippen LogP contribution in [0.2, 0.25) is 0 Å². The number of amides is 2. The number of carbonyl (C=O) groups is 2. The Bertz CT molecular complexity index is 1210. The number of nitrogens with one attached hydrogen (secondary N) is 2. The van der Waals surface area contributed by atoms with E-state index in [0.29, 0.717) is 35.2 Å². The van der Waals surface area contributed by atoms with Gasteiger partial charge in [0, 0.05) is 18.1 Å². The van der Waals surface area contributed by atoms with Gasteiger partial charge in [0.1, 0.15) is 18.2 Å². The van der Waals surface area contributed by atoms with Gasteiger partial charge in [0.25, 0.3) is 0 Å². The highest BCUT2D eigenvalue weighted by molar-refractivity contribution is 5.95. The molecule has 7 nitrogen and oxygen atoms in total. The van der Waals surface area contributed by atoms with Crippen LogP contribution in [0.5, 0.6) is 5.75 Å². The Kier molecular flexibility index (Phi) is 7.17. The number of methoxy groups -OCH3 is 1. The first-order chi connectivity index (χ1) is 16.5. The fourth-order valence-corrected chi connectivity index (χ4v) is 3.81. The fraction of sp³-hybridized carbons (Fsp3) is 0.192. The molecule has 3 aromatic rings. The summed E-state index contributed by atoms with van der Waals surface area (Å²) in [6.07, 6.45) is 4.15. The van der Waals surface area contributed by atoms with E-state index in [2.05, 4.69) is 15.6 Å². The van der Waals surface area contributed by atoms with Crippen LogP contribution in [-0.2, 0) is 22.6 Å². The molecule has 2 aromatic carbocycles. The van der Waals surface area contributed by atoms with E-state index >= 15 is 0 Å². The summed E-state index contributed by atoms with van der Waals surface area (Å²) in [5.41, 5.74) is 2.98. The third-order valence-corrected chi connectivity index (χ3v) is 5.47. The van der Waals surface area contributed by atoms with Gasteiger partial charge in [-0.15, -0.1) is 0 Å². The number of benzene rings is 2. The Labute approximate surface area is 196 Å². The molecule has 2 heterocycles. The zero-order valence-corrected chi connectivity index (χ0v) is 18.6. The fourth-order valence-electron chi connectivity index (χ4n) is 3.81. The van der Waals surface area contributed by atoms with Crippen molar-refractivity contribution in [3.8, 4) is 5.75 Å². The van der Waals surface area contributed by atoms with E-state index in [1.54, 1.807) is 43.8 Å². The van der Waals surface area contributed by atoms with Crippen molar-refractivity contribution in [3.63, 3.8) is 0 Å². The van der Waals surface area contributed by atoms with Crippen LogP contribution in [0.4, 0.5) is 9.18 Å². The summed E-state index contributed by atoms with van der Waals surface area (Å²) >= 11 is 0. The summed E-state index contributed by atoms with van der Waals surface area (Å²) in [4.78, 5) is 29.8. The maximum absolute atomic E-state index is 13.5. The number of ether oxygens (including phenoxy) is 2. The number of nitrogens with zero attached hydrogens (tertiary/aromatic N) is 1. The molecule has 0 saturated carbocycles. The number of aromatic nitrogens is 1. The minimum atomic E-state index is -0.711. The zero-order chi connectivity index (χ0) is 23.9. The molecule has 0 radical (unpaired) electrons. The Hall–Kier alpha value is -4.20. The number of esters is 1. The molecule has 1 aliphatic heterocycles. The van der Waals surface area contributed by atoms with Gasteiger partial charge in [-0.2, -0.15) is 0 Å². The molecule has 1 aliphatic rings. The zero-order valence-electron chi connectivity index (χ0n) is 18.6. The summed E-state index contributed by atoms with van der Waals surface area (Å²) in [5, 5.41) is 5.58. The average Bonchev–Trinajstić information content (AvgIpc) is 2.86. The van der Waals surface area contributed by atoms with Gasteiger partial charge in [-0.25, -0.2) is 14.0 Å². The van der Waals surface area contributed by atoms with Crippen molar-refractivity contribution in [1.29, 1.82) is 0 Å². The second kappa shape index (κ2) is 10.6. The standard InChI is InChI=1S/C26H24FN3O4/c1-33-21-7-3-4-17(15-21)8-9-22-23(25(31)34-16-18-5-2-6-20(27)14-18)24(30-26(32)29-22)19-10-12-28-13-11-19/h2-7,10-15,24H,8-9,16H2,1H3,(H2,29,30,32). The van der Waals surface area contributed by atoms with Gasteiger partial charge in [-0.1, -0.05) is 24.3 Å². The predicted octanol–water partition coefficient (Wildman–Crippen LogP) is 4.21. The molecule has 2 N–H and O–H groups in total. The van der Waals surface area contributed by atoms with Crippen molar-refractivity contribution < 1.29 is 23.5 Å². The number of urea groups is 1. The van der Waals surface area contributed by atoms with E-state index in [1.165, 1.54) is 12.1 Å². The first-order valence-electron chi connectivity index (χ1n) is 10.8. The number of allylic oxidation sites excluding steroid dienone is 1. The second-order valence-corrected chi connectivity index (χ2v) is 7.76. The number of hydrogen-bond acceptors (Lipinski definition) is 5. The van der Waals surface area contributed by atoms with Crippen molar-refractivity contribution in [2.45, 2.75) is 25.5 Å². The molecule has 1 aromatic heterocycles. The molecular weight excluding hydrogens is 437 g/mol. The van der Waals surface area contributed by atoms with Crippen LogP contribution in [0.15, 0.2) is 84.3 Å². The summed E-state index contributed by atoms with van der Waals surface area (Å²) < 4.78 is 24.3. The molecule has 8 heteroatoms. The molecule has 0 spiro atoms. The minimum absolute atomic E-state index is 0.0970. The highest BCUT2D eigenvalue weighted by atomic mass is 19.1. The molecule has 34 heavy (non-hydrogen) atoms. The average molecular weight is 461 g/mol. The lowest BCUT2D eigenvalue weighted by Gasteiger charge is -2.29. The van der Waals surface area contributed by atoms with E-state index in [1.807, 2.05) is 24.3 Å².